The van der Waals surface area contributed by atoms with Crippen LogP contribution in [0.1, 0.15) is 22.8 Å². The first-order valence-corrected chi connectivity index (χ1v) is 8.03. The van der Waals surface area contributed by atoms with Crippen molar-refractivity contribution in [3.05, 3.63) is 62.4 Å². The minimum Gasteiger partial charge on any atom is -0.462 e. The summed E-state index contributed by atoms with van der Waals surface area (Å²) in [5.41, 5.74) is -0.400. The van der Waals surface area contributed by atoms with Crippen molar-refractivity contribution >= 4 is 12.1 Å². The SMILES string of the molecule is CCOC(=O)c1cn(-c2ccc(CN3CCOC3=O)cc2)c(=O)[nH]c1=O. The Hall–Kier alpha value is -3.36. The highest BCUT2D eigenvalue weighted by atomic mass is 16.6. The number of H-pyrrole nitrogens is 1. The van der Waals surface area contributed by atoms with Gasteiger partial charge in [0.1, 0.15) is 12.2 Å². The fourth-order valence-electron chi connectivity index (χ4n) is 2.57. The normalized spacial score (nSPS) is 13.6. The fraction of sp³-hybridized carbons (Fsp3) is 0.294. The van der Waals surface area contributed by atoms with Crippen LogP contribution in [-0.4, -0.2) is 46.3 Å². The Morgan fingerprint density at radius 3 is 2.58 bits per heavy atom. The highest BCUT2D eigenvalue weighted by Gasteiger charge is 2.21. The first kappa shape index (κ1) is 17.5. The van der Waals surface area contributed by atoms with Crippen LogP contribution in [0.15, 0.2) is 40.1 Å². The number of rotatable bonds is 5. The number of nitrogens with zero attached hydrogens (tertiary/aromatic N) is 2. The highest BCUT2D eigenvalue weighted by molar-refractivity contribution is 5.88. The zero-order valence-electron chi connectivity index (χ0n) is 14.1. The van der Waals surface area contributed by atoms with Gasteiger partial charge in [0, 0.05) is 12.7 Å². The number of carbonyl (C=O) groups is 2. The molecule has 1 amide bonds. The molecule has 1 aromatic carbocycles. The number of carbonyl (C=O) groups excluding carboxylic acids is 2. The van der Waals surface area contributed by atoms with E-state index < -0.39 is 17.2 Å². The van der Waals surface area contributed by atoms with Crippen molar-refractivity contribution in [2.24, 2.45) is 0 Å². The monoisotopic (exact) mass is 359 g/mol. The number of hydrogen-bond donors (Lipinski definition) is 1. The van der Waals surface area contributed by atoms with Gasteiger partial charge in [0.05, 0.1) is 18.8 Å². The van der Waals surface area contributed by atoms with Crippen LogP contribution in [0.5, 0.6) is 0 Å². The van der Waals surface area contributed by atoms with E-state index in [0.717, 1.165) is 16.3 Å². The number of amides is 1. The van der Waals surface area contributed by atoms with Gasteiger partial charge in [0.15, 0.2) is 0 Å². The van der Waals surface area contributed by atoms with Crippen molar-refractivity contribution in [1.82, 2.24) is 14.5 Å². The summed E-state index contributed by atoms with van der Waals surface area (Å²) in [7, 11) is 0. The molecule has 9 heteroatoms. The minimum atomic E-state index is -0.799. The molecule has 1 N–H and O–H groups in total. The van der Waals surface area contributed by atoms with Gasteiger partial charge in [0.25, 0.3) is 5.56 Å². The zero-order valence-corrected chi connectivity index (χ0v) is 14.1. The molecule has 9 nitrogen and oxygen atoms in total. The Morgan fingerprint density at radius 2 is 1.96 bits per heavy atom. The van der Waals surface area contributed by atoms with Gasteiger partial charge in [-0.05, 0) is 24.6 Å². The highest BCUT2D eigenvalue weighted by Crippen LogP contribution is 2.13. The first-order chi connectivity index (χ1) is 12.5. The molecule has 2 aromatic rings. The van der Waals surface area contributed by atoms with Crippen LogP contribution in [0.25, 0.3) is 5.69 Å². The fourth-order valence-corrected chi connectivity index (χ4v) is 2.57. The van der Waals surface area contributed by atoms with Gasteiger partial charge >= 0.3 is 17.8 Å². The van der Waals surface area contributed by atoms with Crippen molar-refractivity contribution in [3.63, 3.8) is 0 Å². The van der Waals surface area contributed by atoms with Crippen molar-refractivity contribution in [2.45, 2.75) is 13.5 Å². The molecule has 26 heavy (non-hydrogen) atoms. The standard InChI is InChI=1S/C17H17N3O6/c1-2-25-15(22)13-10-20(16(23)18-14(13)21)12-5-3-11(4-6-12)9-19-7-8-26-17(19)24/h3-6,10H,2,7-9H2,1H3,(H,18,21,23). The van der Waals surface area contributed by atoms with Crippen LogP contribution >= 0.6 is 0 Å². The second-order valence-electron chi connectivity index (χ2n) is 5.59. The van der Waals surface area contributed by atoms with Crippen LogP contribution in [0.3, 0.4) is 0 Å². The summed E-state index contributed by atoms with van der Waals surface area (Å²) in [5, 5.41) is 0. The maximum Gasteiger partial charge on any atom is 0.410 e. The molecule has 0 unspecified atom stereocenters. The number of esters is 1. The summed E-state index contributed by atoms with van der Waals surface area (Å²) in [5.74, 6) is -0.799. The molecule has 1 aliphatic rings. The Morgan fingerprint density at radius 1 is 1.23 bits per heavy atom. The summed E-state index contributed by atoms with van der Waals surface area (Å²) in [4.78, 5) is 50.9. The number of hydrogen-bond acceptors (Lipinski definition) is 6. The average molecular weight is 359 g/mol. The van der Waals surface area contributed by atoms with E-state index in [1.807, 2.05) is 0 Å². The Bertz CT molecular complexity index is 944. The van der Waals surface area contributed by atoms with E-state index in [0.29, 0.717) is 25.4 Å². The molecule has 1 fully saturated rings. The summed E-state index contributed by atoms with van der Waals surface area (Å²) in [6.45, 7) is 3.04. The Labute approximate surface area is 147 Å². The number of aromatic nitrogens is 2. The molecule has 0 spiro atoms. The van der Waals surface area contributed by atoms with Crippen molar-refractivity contribution in [2.75, 3.05) is 19.8 Å². The molecule has 1 aromatic heterocycles. The van der Waals surface area contributed by atoms with Crippen LogP contribution in [0, 0.1) is 0 Å². The second kappa shape index (κ2) is 7.26. The van der Waals surface area contributed by atoms with E-state index in [4.69, 9.17) is 9.47 Å². The zero-order chi connectivity index (χ0) is 18.7. The summed E-state index contributed by atoms with van der Waals surface area (Å²) in [6.07, 6.45) is 0.802. The number of aromatic amines is 1. The number of ether oxygens (including phenoxy) is 2. The molecule has 136 valence electrons. The van der Waals surface area contributed by atoms with Crippen molar-refractivity contribution in [3.8, 4) is 5.69 Å². The number of nitrogens with one attached hydrogen (secondary N) is 1. The molecule has 1 aliphatic heterocycles. The van der Waals surface area contributed by atoms with Crippen LogP contribution in [0.4, 0.5) is 4.79 Å². The van der Waals surface area contributed by atoms with Gasteiger partial charge in [-0.15, -0.1) is 0 Å². The molecule has 0 bridgehead atoms. The number of benzene rings is 1. The lowest BCUT2D eigenvalue weighted by Crippen LogP contribution is -2.33. The van der Waals surface area contributed by atoms with E-state index >= 15 is 0 Å². The van der Waals surface area contributed by atoms with Gasteiger partial charge in [-0.1, -0.05) is 12.1 Å². The lowest BCUT2D eigenvalue weighted by molar-refractivity contribution is 0.0523. The van der Waals surface area contributed by atoms with Gasteiger partial charge < -0.3 is 14.4 Å². The lowest BCUT2D eigenvalue weighted by Gasteiger charge is -2.13. The summed E-state index contributed by atoms with van der Waals surface area (Å²) < 4.78 is 10.9. The van der Waals surface area contributed by atoms with E-state index in [1.165, 1.54) is 0 Å². The van der Waals surface area contributed by atoms with E-state index in [9.17, 15) is 19.2 Å². The number of cyclic esters (lactones) is 1. The lowest BCUT2D eigenvalue weighted by atomic mass is 10.2. The third-order valence-electron chi connectivity index (χ3n) is 3.87. The molecule has 0 radical (unpaired) electrons. The molecule has 0 aliphatic carbocycles. The van der Waals surface area contributed by atoms with Crippen LogP contribution < -0.4 is 11.2 Å². The molecule has 2 heterocycles. The van der Waals surface area contributed by atoms with E-state index in [-0.39, 0.29) is 18.3 Å². The summed E-state index contributed by atoms with van der Waals surface area (Å²) >= 11 is 0. The van der Waals surface area contributed by atoms with Gasteiger partial charge in [-0.2, -0.15) is 0 Å². The maximum atomic E-state index is 12.1. The average Bonchev–Trinajstić information content (AvgIpc) is 3.01. The predicted molar refractivity (Wildman–Crippen MR) is 90.4 cm³/mol. The van der Waals surface area contributed by atoms with Gasteiger partial charge in [-0.25, -0.2) is 14.4 Å². The molecular formula is C17H17N3O6. The van der Waals surface area contributed by atoms with Crippen LogP contribution in [-0.2, 0) is 16.0 Å². The maximum absolute atomic E-state index is 12.1. The third-order valence-corrected chi connectivity index (χ3v) is 3.87. The molecule has 0 atom stereocenters. The van der Waals surface area contributed by atoms with Crippen molar-refractivity contribution in [1.29, 1.82) is 0 Å². The van der Waals surface area contributed by atoms with E-state index in [1.54, 1.807) is 36.1 Å². The Kier molecular flexibility index (Phi) is 4.87. The molecule has 3 rings (SSSR count). The molecular weight excluding hydrogens is 342 g/mol. The molecule has 0 saturated carbocycles. The quantitative estimate of drug-likeness (QED) is 0.785. The first-order valence-electron chi connectivity index (χ1n) is 8.03. The Balaban J connectivity index is 1.88. The summed E-state index contributed by atoms with van der Waals surface area (Å²) in [6, 6.07) is 6.82. The topological polar surface area (TPSA) is 111 Å². The van der Waals surface area contributed by atoms with Gasteiger partial charge in [-0.3, -0.25) is 14.3 Å². The smallest absolute Gasteiger partial charge is 0.410 e. The molecule has 1 saturated heterocycles. The van der Waals surface area contributed by atoms with Gasteiger partial charge in [0.2, 0.25) is 0 Å². The van der Waals surface area contributed by atoms with E-state index in [2.05, 4.69) is 4.98 Å². The second-order valence-corrected chi connectivity index (χ2v) is 5.59. The third kappa shape index (κ3) is 3.51. The van der Waals surface area contributed by atoms with Crippen LogP contribution in [0.2, 0.25) is 0 Å². The van der Waals surface area contributed by atoms with Crippen molar-refractivity contribution < 1.29 is 19.1 Å². The predicted octanol–water partition coefficient (Wildman–Crippen LogP) is 0.655. The largest absolute Gasteiger partial charge is 0.462 e. The minimum absolute atomic E-state index is 0.116.